The molecule has 0 atom stereocenters. The van der Waals surface area contributed by atoms with Gasteiger partial charge < -0.3 is 19.4 Å². The van der Waals surface area contributed by atoms with Crippen LogP contribution in [-0.4, -0.2) is 29.9 Å². The van der Waals surface area contributed by atoms with Gasteiger partial charge in [-0.3, -0.25) is 0 Å². The number of imidazole rings is 1. The molecule has 20 heavy (non-hydrogen) atoms. The number of ether oxygens (including phenoxy) is 2. The molecule has 5 nitrogen and oxygen atoms in total. The molecule has 0 spiro atoms. The van der Waals surface area contributed by atoms with Gasteiger partial charge in [0.2, 0.25) is 0 Å². The molecule has 0 radical (unpaired) electrons. The van der Waals surface area contributed by atoms with E-state index in [1.54, 1.807) is 7.11 Å². The van der Waals surface area contributed by atoms with Crippen molar-refractivity contribution in [1.29, 1.82) is 0 Å². The van der Waals surface area contributed by atoms with Crippen LogP contribution < -0.4 is 10.1 Å². The Balaban J connectivity index is 1.91. The monoisotopic (exact) mass is 275 g/mol. The predicted molar refractivity (Wildman–Crippen MR) is 79.0 cm³/mol. The summed E-state index contributed by atoms with van der Waals surface area (Å²) in [6.07, 6.45) is 3.81. The fourth-order valence-electron chi connectivity index (χ4n) is 1.91. The average Bonchev–Trinajstić information content (AvgIpc) is 2.93. The standard InChI is InChI=1S/C15H21N3O2/c1-3-18-8-7-16-15(18)12-17-13-5-4-6-14(11-13)20-10-9-19-2/h4-8,11,17H,3,9-10,12H2,1-2H3. The normalized spacial score (nSPS) is 10.5. The Bertz CT molecular complexity index is 525. The highest BCUT2D eigenvalue weighted by Crippen LogP contribution is 2.17. The molecule has 1 heterocycles. The molecule has 0 aliphatic heterocycles. The first-order valence-electron chi connectivity index (χ1n) is 6.79. The number of rotatable bonds is 8. The summed E-state index contributed by atoms with van der Waals surface area (Å²) in [5.41, 5.74) is 1.02. The number of aryl methyl sites for hydroxylation is 1. The van der Waals surface area contributed by atoms with Gasteiger partial charge in [-0.1, -0.05) is 6.07 Å². The lowest BCUT2D eigenvalue weighted by Gasteiger charge is -2.10. The van der Waals surface area contributed by atoms with Crippen molar-refractivity contribution in [3.8, 4) is 5.75 Å². The Morgan fingerprint density at radius 3 is 3.00 bits per heavy atom. The van der Waals surface area contributed by atoms with Crippen molar-refractivity contribution in [1.82, 2.24) is 9.55 Å². The maximum atomic E-state index is 5.58. The van der Waals surface area contributed by atoms with E-state index in [-0.39, 0.29) is 0 Å². The zero-order valence-electron chi connectivity index (χ0n) is 12.0. The van der Waals surface area contributed by atoms with Gasteiger partial charge in [-0.25, -0.2) is 4.98 Å². The number of nitrogens with zero attached hydrogens (tertiary/aromatic N) is 2. The van der Waals surface area contributed by atoms with Gasteiger partial charge in [0.05, 0.1) is 13.2 Å². The number of anilines is 1. The lowest BCUT2D eigenvalue weighted by atomic mass is 10.3. The fourth-order valence-corrected chi connectivity index (χ4v) is 1.91. The van der Waals surface area contributed by atoms with Crippen molar-refractivity contribution in [2.24, 2.45) is 0 Å². The van der Waals surface area contributed by atoms with Crippen molar-refractivity contribution in [2.75, 3.05) is 25.6 Å². The minimum atomic E-state index is 0.556. The zero-order valence-corrected chi connectivity index (χ0v) is 12.0. The van der Waals surface area contributed by atoms with E-state index in [9.17, 15) is 0 Å². The maximum Gasteiger partial charge on any atom is 0.128 e. The van der Waals surface area contributed by atoms with Crippen molar-refractivity contribution in [2.45, 2.75) is 20.0 Å². The SMILES string of the molecule is CCn1ccnc1CNc1cccc(OCCOC)c1. The number of aromatic nitrogens is 2. The molecule has 0 aliphatic rings. The predicted octanol–water partition coefficient (Wildman–Crippen LogP) is 2.54. The number of methoxy groups -OCH3 is 1. The van der Waals surface area contributed by atoms with Crippen LogP contribution in [-0.2, 0) is 17.8 Å². The highest BCUT2D eigenvalue weighted by Gasteiger charge is 2.02. The van der Waals surface area contributed by atoms with Crippen LogP contribution in [0.3, 0.4) is 0 Å². The Labute approximate surface area is 119 Å². The van der Waals surface area contributed by atoms with Gasteiger partial charge in [0, 0.05) is 37.8 Å². The number of nitrogens with one attached hydrogen (secondary N) is 1. The van der Waals surface area contributed by atoms with Crippen molar-refractivity contribution in [3.63, 3.8) is 0 Å². The van der Waals surface area contributed by atoms with Crippen LogP contribution in [0.15, 0.2) is 36.7 Å². The number of benzene rings is 1. The maximum absolute atomic E-state index is 5.58. The highest BCUT2D eigenvalue weighted by molar-refractivity contribution is 5.48. The molecule has 1 aromatic carbocycles. The van der Waals surface area contributed by atoms with E-state index in [0.717, 1.165) is 23.8 Å². The molecule has 2 rings (SSSR count). The second-order valence-corrected chi connectivity index (χ2v) is 4.35. The molecule has 0 unspecified atom stereocenters. The van der Waals surface area contributed by atoms with Gasteiger partial charge in [0.25, 0.3) is 0 Å². The first kappa shape index (κ1) is 14.4. The van der Waals surface area contributed by atoms with Gasteiger partial charge in [0.15, 0.2) is 0 Å². The molecule has 2 aromatic rings. The van der Waals surface area contributed by atoms with Crippen LogP contribution in [0.25, 0.3) is 0 Å². The summed E-state index contributed by atoms with van der Waals surface area (Å²) in [5.74, 6) is 1.86. The molecule has 0 fully saturated rings. The molecule has 0 aliphatic carbocycles. The van der Waals surface area contributed by atoms with E-state index >= 15 is 0 Å². The Morgan fingerprint density at radius 1 is 1.30 bits per heavy atom. The second-order valence-electron chi connectivity index (χ2n) is 4.35. The molecule has 5 heteroatoms. The molecular formula is C15H21N3O2. The largest absolute Gasteiger partial charge is 0.491 e. The van der Waals surface area contributed by atoms with Crippen molar-refractivity contribution in [3.05, 3.63) is 42.5 Å². The number of hydrogen-bond acceptors (Lipinski definition) is 4. The van der Waals surface area contributed by atoms with E-state index in [4.69, 9.17) is 9.47 Å². The minimum absolute atomic E-state index is 0.556. The van der Waals surface area contributed by atoms with E-state index in [1.165, 1.54) is 0 Å². The van der Waals surface area contributed by atoms with E-state index in [0.29, 0.717) is 19.8 Å². The first-order chi connectivity index (χ1) is 9.83. The fraction of sp³-hybridized carbons (Fsp3) is 0.400. The summed E-state index contributed by atoms with van der Waals surface area (Å²) >= 11 is 0. The van der Waals surface area contributed by atoms with Gasteiger partial charge in [-0.05, 0) is 19.1 Å². The van der Waals surface area contributed by atoms with Crippen LogP contribution in [0.1, 0.15) is 12.7 Å². The average molecular weight is 275 g/mol. The van der Waals surface area contributed by atoms with Gasteiger partial charge in [-0.15, -0.1) is 0 Å². The third-order valence-electron chi connectivity index (χ3n) is 2.98. The van der Waals surface area contributed by atoms with E-state index in [2.05, 4.69) is 21.8 Å². The summed E-state index contributed by atoms with van der Waals surface area (Å²) < 4.78 is 12.7. The lowest BCUT2D eigenvalue weighted by Crippen LogP contribution is -2.08. The van der Waals surface area contributed by atoms with E-state index < -0.39 is 0 Å². The Morgan fingerprint density at radius 2 is 2.20 bits per heavy atom. The molecule has 0 bridgehead atoms. The van der Waals surface area contributed by atoms with Crippen LogP contribution in [0.4, 0.5) is 5.69 Å². The molecule has 0 saturated heterocycles. The summed E-state index contributed by atoms with van der Waals surface area (Å²) in [6.45, 7) is 4.88. The van der Waals surface area contributed by atoms with Gasteiger partial charge in [-0.2, -0.15) is 0 Å². The quantitative estimate of drug-likeness (QED) is 0.752. The van der Waals surface area contributed by atoms with Gasteiger partial charge >= 0.3 is 0 Å². The molecule has 0 saturated carbocycles. The third kappa shape index (κ3) is 3.99. The molecule has 1 aromatic heterocycles. The number of hydrogen-bond donors (Lipinski definition) is 1. The topological polar surface area (TPSA) is 48.3 Å². The minimum Gasteiger partial charge on any atom is -0.491 e. The zero-order chi connectivity index (χ0) is 14.2. The summed E-state index contributed by atoms with van der Waals surface area (Å²) in [6, 6.07) is 7.90. The highest BCUT2D eigenvalue weighted by atomic mass is 16.5. The molecule has 108 valence electrons. The van der Waals surface area contributed by atoms with E-state index in [1.807, 2.05) is 36.7 Å². The smallest absolute Gasteiger partial charge is 0.128 e. The summed E-state index contributed by atoms with van der Waals surface area (Å²) in [4.78, 5) is 4.34. The van der Waals surface area contributed by atoms with Crippen LogP contribution >= 0.6 is 0 Å². The van der Waals surface area contributed by atoms with Crippen LogP contribution in [0, 0.1) is 0 Å². The first-order valence-corrected chi connectivity index (χ1v) is 6.79. The van der Waals surface area contributed by atoms with Crippen LogP contribution in [0.5, 0.6) is 5.75 Å². The Kier molecular flexibility index (Phi) is 5.43. The third-order valence-corrected chi connectivity index (χ3v) is 2.98. The van der Waals surface area contributed by atoms with Gasteiger partial charge in [0.1, 0.15) is 18.2 Å². The molecule has 1 N–H and O–H groups in total. The molecular weight excluding hydrogens is 254 g/mol. The van der Waals surface area contributed by atoms with Crippen molar-refractivity contribution >= 4 is 5.69 Å². The lowest BCUT2D eigenvalue weighted by molar-refractivity contribution is 0.146. The summed E-state index contributed by atoms with van der Waals surface area (Å²) in [5, 5.41) is 3.36. The van der Waals surface area contributed by atoms with Crippen molar-refractivity contribution < 1.29 is 9.47 Å². The molecule has 0 amide bonds. The second kappa shape index (κ2) is 7.55. The Hall–Kier alpha value is -2.01. The van der Waals surface area contributed by atoms with Crippen LogP contribution in [0.2, 0.25) is 0 Å². The summed E-state index contributed by atoms with van der Waals surface area (Å²) in [7, 11) is 1.66.